The Hall–Kier alpha value is -1.33. The summed E-state index contributed by atoms with van der Waals surface area (Å²) in [5.74, 6) is 0.930. The van der Waals surface area contributed by atoms with Crippen LogP contribution in [0.4, 0.5) is 5.82 Å². The highest BCUT2D eigenvalue weighted by molar-refractivity contribution is 6.33. The van der Waals surface area contributed by atoms with Crippen LogP contribution in [0.1, 0.15) is 30.8 Å². The summed E-state index contributed by atoms with van der Waals surface area (Å²) in [5, 5.41) is 6.24. The van der Waals surface area contributed by atoms with Gasteiger partial charge in [0, 0.05) is 26.2 Å². The van der Waals surface area contributed by atoms with Crippen LogP contribution in [-0.4, -0.2) is 48.5 Å². The maximum absolute atomic E-state index is 12.2. The SMILES string of the molecule is CNc1ccc(Cl)c(C(=O)NCC2CCN(C(C)C)C2)n1. The molecule has 6 heteroatoms. The average Bonchev–Trinajstić information content (AvgIpc) is 2.94. The van der Waals surface area contributed by atoms with Crippen molar-refractivity contribution >= 4 is 23.3 Å². The molecule has 1 aliphatic rings. The van der Waals surface area contributed by atoms with Gasteiger partial charge in [0.15, 0.2) is 0 Å². The summed E-state index contributed by atoms with van der Waals surface area (Å²) in [4.78, 5) is 18.9. The van der Waals surface area contributed by atoms with E-state index in [1.54, 1.807) is 19.2 Å². The van der Waals surface area contributed by atoms with Crippen molar-refractivity contribution < 1.29 is 4.79 Å². The zero-order valence-corrected chi connectivity index (χ0v) is 13.6. The molecule has 1 unspecified atom stereocenters. The molecule has 0 spiro atoms. The summed E-state index contributed by atoms with van der Waals surface area (Å²) >= 11 is 6.05. The Kier molecular flexibility index (Phi) is 5.42. The monoisotopic (exact) mass is 310 g/mol. The van der Waals surface area contributed by atoms with Crippen molar-refractivity contribution in [2.75, 3.05) is 32.0 Å². The fourth-order valence-electron chi connectivity index (χ4n) is 2.56. The van der Waals surface area contributed by atoms with Crippen LogP contribution in [0.5, 0.6) is 0 Å². The lowest BCUT2D eigenvalue weighted by molar-refractivity contribution is 0.0942. The first kappa shape index (κ1) is 16.0. The van der Waals surface area contributed by atoms with Crippen LogP contribution in [0.3, 0.4) is 0 Å². The third-order valence-corrected chi connectivity index (χ3v) is 4.22. The van der Waals surface area contributed by atoms with Gasteiger partial charge in [-0.25, -0.2) is 4.98 Å². The van der Waals surface area contributed by atoms with Crippen molar-refractivity contribution in [3.05, 3.63) is 22.8 Å². The summed E-state index contributed by atoms with van der Waals surface area (Å²) in [6.45, 7) is 7.22. The van der Waals surface area contributed by atoms with Crippen LogP contribution in [-0.2, 0) is 0 Å². The molecule has 1 aliphatic heterocycles. The molecule has 0 saturated carbocycles. The predicted molar refractivity (Wildman–Crippen MR) is 85.9 cm³/mol. The van der Waals surface area contributed by atoms with E-state index in [9.17, 15) is 4.79 Å². The Morgan fingerprint density at radius 3 is 2.90 bits per heavy atom. The lowest BCUT2D eigenvalue weighted by atomic mass is 10.1. The number of pyridine rings is 1. The Balaban J connectivity index is 1.91. The maximum Gasteiger partial charge on any atom is 0.271 e. The van der Waals surface area contributed by atoms with Crippen molar-refractivity contribution in [2.45, 2.75) is 26.3 Å². The summed E-state index contributed by atoms with van der Waals surface area (Å²) in [7, 11) is 1.76. The van der Waals surface area contributed by atoms with Gasteiger partial charge in [0.05, 0.1) is 5.02 Å². The molecule has 2 N–H and O–H groups in total. The molecule has 5 nitrogen and oxygen atoms in total. The standard InChI is InChI=1S/C15H23ClN4O/c1-10(2)20-7-6-11(9-20)8-18-15(21)14-12(16)4-5-13(17-3)19-14/h4-5,10-11H,6-9H2,1-3H3,(H,17,19)(H,18,21). The second-order valence-corrected chi connectivity index (χ2v) is 6.14. The van der Waals surface area contributed by atoms with Gasteiger partial charge >= 0.3 is 0 Å². The molecule has 21 heavy (non-hydrogen) atoms. The molecule has 0 radical (unpaired) electrons. The van der Waals surface area contributed by atoms with Gasteiger partial charge in [0.25, 0.3) is 5.91 Å². The highest BCUT2D eigenvalue weighted by Crippen LogP contribution is 2.19. The van der Waals surface area contributed by atoms with Crippen molar-refractivity contribution in [2.24, 2.45) is 5.92 Å². The quantitative estimate of drug-likeness (QED) is 0.876. The number of nitrogens with one attached hydrogen (secondary N) is 2. The smallest absolute Gasteiger partial charge is 0.271 e. The fraction of sp³-hybridized carbons (Fsp3) is 0.600. The van der Waals surface area contributed by atoms with Crippen LogP contribution < -0.4 is 10.6 Å². The van der Waals surface area contributed by atoms with Gasteiger partial charge in [-0.2, -0.15) is 0 Å². The lowest BCUT2D eigenvalue weighted by Crippen LogP contribution is -2.33. The van der Waals surface area contributed by atoms with E-state index in [0.717, 1.165) is 19.5 Å². The first-order chi connectivity index (χ1) is 10.0. The van der Waals surface area contributed by atoms with E-state index in [4.69, 9.17) is 11.6 Å². The van der Waals surface area contributed by atoms with Gasteiger partial charge in [-0.05, 0) is 44.9 Å². The molecule has 1 aromatic heterocycles. The van der Waals surface area contributed by atoms with E-state index in [-0.39, 0.29) is 11.6 Å². The zero-order chi connectivity index (χ0) is 15.4. The number of rotatable bonds is 5. The third-order valence-electron chi connectivity index (χ3n) is 3.92. The van der Waals surface area contributed by atoms with Gasteiger partial charge in [-0.1, -0.05) is 11.6 Å². The Morgan fingerprint density at radius 1 is 1.52 bits per heavy atom. The topological polar surface area (TPSA) is 57.3 Å². The van der Waals surface area contributed by atoms with Crippen molar-refractivity contribution in [3.63, 3.8) is 0 Å². The normalized spacial score (nSPS) is 19.0. The third kappa shape index (κ3) is 4.08. The number of carbonyl (C=O) groups excluding carboxylic acids is 1. The number of likely N-dealkylation sites (tertiary alicyclic amines) is 1. The van der Waals surface area contributed by atoms with Crippen molar-refractivity contribution in [1.82, 2.24) is 15.2 Å². The lowest BCUT2D eigenvalue weighted by Gasteiger charge is -2.20. The van der Waals surface area contributed by atoms with E-state index in [1.807, 2.05) is 0 Å². The number of hydrogen-bond acceptors (Lipinski definition) is 4. The van der Waals surface area contributed by atoms with Crippen LogP contribution in [0.15, 0.2) is 12.1 Å². The van der Waals surface area contributed by atoms with E-state index in [2.05, 4.69) is 34.4 Å². The summed E-state index contributed by atoms with van der Waals surface area (Å²) in [6.07, 6.45) is 1.12. The molecule has 1 aromatic rings. The highest BCUT2D eigenvalue weighted by Gasteiger charge is 2.25. The van der Waals surface area contributed by atoms with Gasteiger partial charge in [-0.3, -0.25) is 4.79 Å². The van der Waals surface area contributed by atoms with Crippen LogP contribution in [0, 0.1) is 5.92 Å². The van der Waals surface area contributed by atoms with Gasteiger partial charge in [0.1, 0.15) is 11.5 Å². The minimum absolute atomic E-state index is 0.208. The molecule has 2 rings (SSSR count). The Labute approximate surface area is 131 Å². The highest BCUT2D eigenvalue weighted by atomic mass is 35.5. The summed E-state index contributed by atoms with van der Waals surface area (Å²) in [5.41, 5.74) is 0.280. The number of anilines is 1. The molecule has 1 fully saturated rings. The molecular formula is C15H23ClN4O. The largest absolute Gasteiger partial charge is 0.373 e. The van der Waals surface area contributed by atoms with E-state index in [0.29, 0.717) is 29.3 Å². The molecule has 116 valence electrons. The van der Waals surface area contributed by atoms with Gasteiger partial charge in [0.2, 0.25) is 0 Å². The summed E-state index contributed by atoms with van der Waals surface area (Å²) in [6, 6.07) is 4.00. The minimum atomic E-state index is -0.208. The number of carbonyl (C=O) groups is 1. The van der Waals surface area contributed by atoms with E-state index < -0.39 is 0 Å². The van der Waals surface area contributed by atoms with Gasteiger partial charge in [-0.15, -0.1) is 0 Å². The zero-order valence-electron chi connectivity index (χ0n) is 12.8. The molecule has 1 amide bonds. The molecule has 0 bridgehead atoms. The molecule has 1 atom stereocenters. The van der Waals surface area contributed by atoms with Crippen LogP contribution in [0.25, 0.3) is 0 Å². The Morgan fingerprint density at radius 2 is 2.29 bits per heavy atom. The Bertz CT molecular complexity index is 506. The fourth-order valence-corrected chi connectivity index (χ4v) is 2.75. The first-order valence-corrected chi connectivity index (χ1v) is 7.75. The molecular weight excluding hydrogens is 288 g/mol. The maximum atomic E-state index is 12.2. The van der Waals surface area contributed by atoms with Crippen LogP contribution >= 0.6 is 11.6 Å². The summed E-state index contributed by atoms with van der Waals surface area (Å²) < 4.78 is 0. The number of aromatic nitrogens is 1. The molecule has 1 saturated heterocycles. The number of halogens is 1. The molecule has 0 aliphatic carbocycles. The van der Waals surface area contributed by atoms with Gasteiger partial charge < -0.3 is 15.5 Å². The molecule has 2 heterocycles. The van der Waals surface area contributed by atoms with E-state index in [1.165, 1.54) is 0 Å². The van der Waals surface area contributed by atoms with Crippen LogP contribution in [0.2, 0.25) is 5.02 Å². The number of hydrogen-bond donors (Lipinski definition) is 2. The van der Waals surface area contributed by atoms with Crippen molar-refractivity contribution in [3.8, 4) is 0 Å². The number of amides is 1. The second kappa shape index (κ2) is 7.09. The molecule has 0 aromatic carbocycles. The minimum Gasteiger partial charge on any atom is -0.373 e. The predicted octanol–water partition coefficient (Wildman–Crippen LogP) is 2.24. The van der Waals surface area contributed by atoms with E-state index >= 15 is 0 Å². The average molecular weight is 311 g/mol. The second-order valence-electron chi connectivity index (χ2n) is 5.73. The first-order valence-electron chi connectivity index (χ1n) is 7.37. The van der Waals surface area contributed by atoms with Crippen molar-refractivity contribution in [1.29, 1.82) is 0 Å². The number of nitrogens with zero attached hydrogens (tertiary/aromatic N) is 2.